The SMILES string of the molecule is Cn1cnc2c(Oc3c(Cl)cccc3Cl)ncnc21. The quantitative estimate of drug-likeness (QED) is 0.726. The molecular weight excluding hydrogens is 287 g/mol. The number of benzene rings is 1. The number of aromatic nitrogens is 4. The molecule has 2 aromatic heterocycles. The fourth-order valence-corrected chi connectivity index (χ4v) is 2.15. The van der Waals surface area contributed by atoms with Crippen molar-refractivity contribution in [3.05, 3.63) is 40.9 Å². The van der Waals surface area contributed by atoms with Crippen molar-refractivity contribution in [3.8, 4) is 11.6 Å². The van der Waals surface area contributed by atoms with E-state index in [2.05, 4.69) is 15.0 Å². The van der Waals surface area contributed by atoms with Gasteiger partial charge in [0.2, 0.25) is 0 Å². The maximum atomic E-state index is 6.06. The van der Waals surface area contributed by atoms with Gasteiger partial charge < -0.3 is 9.30 Å². The molecule has 7 heteroatoms. The maximum absolute atomic E-state index is 6.06. The largest absolute Gasteiger partial charge is 0.434 e. The van der Waals surface area contributed by atoms with Crippen molar-refractivity contribution >= 4 is 34.4 Å². The van der Waals surface area contributed by atoms with Gasteiger partial charge in [-0.2, -0.15) is 4.98 Å². The van der Waals surface area contributed by atoms with Crippen molar-refractivity contribution in [2.75, 3.05) is 0 Å². The molecule has 0 spiro atoms. The number of ether oxygens (including phenoxy) is 1. The van der Waals surface area contributed by atoms with Gasteiger partial charge in [0, 0.05) is 7.05 Å². The minimum Gasteiger partial charge on any atom is -0.434 e. The molecule has 0 unspecified atom stereocenters. The van der Waals surface area contributed by atoms with Gasteiger partial charge in [-0.25, -0.2) is 9.97 Å². The van der Waals surface area contributed by atoms with E-state index in [0.717, 1.165) is 0 Å². The summed E-state index contributed by atoms with van der Waals surface area (Å²) in [6, 6.07) is 5.13. The predicted molar refractivity (Wildman–Crippen MR) is 72.8 cm³/mol. The normalized spacial score (nSPS) is 10.9. The Morgan fingerprint density at radius 1 is 1.11 bits per heavy atom. The van der Waals surface area contributed by atoms with Crippen LogP contribution in [-0.4, -0.2) is 19.5 Å². The first-order chi connectivity index (χ1) is 9.16. The van der Waals surface area contributed by atoms with Gasteiger partial charge in [-0.3, -0.25) is 0 Å². The minimum absolute atomic E-state index is 0.320. The standard InChI is InChI=1S/C12H8Cl2N4O/c1-18-6-17-9-11(18)15-5-16-12(9)19-10-7(13)3-2-4-8(10)14/h2-6H,1H3. The third kappa shape index (κ3) is 2.11. The van der Waals surface area contributed by atoms with Crippen LogP contribution in [0, 0.1) is 0 Å². The first kappa shape index (κ1) is 12.2. The smallest absolute Gasteiger partial charge is 0.251 e. The number of halogens is 2. The second kappa shape index (κ2) is 4.68. The molecule has 1 aromatic carbocycles. The second-order valence-electron chi connectivity index (χ2n) is 3.86. The van der Waals surface area contributed by atoms with Crippen LogP contribution < -0.4 is 4.74 Å². The molecule has 3 rings (SSSR count). The molecule has 2 heterocycles. The van der Waals surface area contributed by atoms with Crippen molar-refractivity contribution in [3.63, 3.8) is 0 Å². The van der Waals surface area contributed by atoms with E-state index >= 15 is 0 Å². The van der Waals surface area contributed by atoms with Gasteiger partial charge in [-0.1, -0.05) is 29.3 Å². The molecule has 0 atom stereocenters. The van der Waals surface area contributed by atoms with Gasteiger partial charge >= 0.3 is 0 Å². The van der Waals surface area contributed by atoms with Gasteiger partial charge in [-0.05, 0) is 12.1 Å². The van der Waals surface area contributed by atoms with Gasteiger partial charge in [0.1, 0.15) is 6.33 Å². The van der Waals surface area contributed by atoms with Crippen LogP contribution >= 0.6 is 23.2 Å². The third-order valence-electron chi connectivity index (χ3n) is 2.58. The average molecular weight is 295 g/mol. The lowest BCUT2D eigenvalue weighted by molar-refractivity contribution is 0.467. The highest BCUT2D eigenvalue weighted by molar-refractivity contribution is 6.37. The Balaban J connectivity index is 2.11. The molecule has 0 N–H and O–H groups in total. The van der Waals surface area contributed by atoms with Crippen LogP contribution in [0.5, 0.6) is 11.6 Å². The van der Waals surface area contributed by atoms with Crippen molar-refractivity contribution in [2.24, 2.45) is 7.05 Å². The van der Waals surface area contributed by atoms with Gasteiger partial charge in [0.05, 0.1) is 16.4 Å². The van der Waals surface area contributed by atoms with Crippen LogP contribution in [0.4, 0.5) is 0 Å². The van der Waals surface area contributed by atoms with E-state index in [-0.39, 0.29) is 0 Å². The van der Waals surface area contributed by atoms with Crippen molar-refractivity contribution in [1.29, 1.82) is 0 Å². The Kier molecular flexibility index (Phi) is 3.00. The first-order valence-electron chi connectivity index (χ1n) is 5.40. The number of imidazole rings is 1. The highest BCUT2D eigenvalue weighted by atomic mass is 35.5. The van der Waals surface area contributed by atoms with E-state index in [1.807, 2.05) is 7.05 Å². The molecule has 5 nitrogen and oxygen atoms in total. The number of rotatable bonds is 2. The van der Waals surface area contributed by atoms with Crippen molar-refractivity contribution < 1.29 is 4.74 Å². The molecule has 96 valence electrons. The van der Waals surface area contributed by atoms with E-state index in [0.29, 0.717) is 32.8 Å². The average Bonchev–Trinajstić information content (AvgIpc) is 2.77. The molecule has 19 heavy (non-hydrogen) atoms. The highest BCUT2D eigenvalue weighted by Gasteiger charge is 2.14. The fourth-order valence-electron chi connectivity index (χ4n) is 1.68. The van der Waals surface area contributed by atoms with E-state index in [1.54, 1.807) is 29.1 Å². The molecule has 0 saturated carbocycles. The highest BCUT2D eigenvalue weighted by Crippen LogP contribution is 2.36. The lowest BCUT2D eigenvalue weighted by Crippen LogP contribution is -1.94. The second-order valence-corrected chi connectivity index (χ2v) is 4.67. The Labute approximate surface area is 118 Å². The summed E-state index contributed by atoms with van der Waals surface area (Å²) in [7, 11) is 1.84. The molecule has 3 aromatic rings. The number of aryl methyl sites for hydroxylation is 1. The summed E-state index contributed by atoms with van der Waals surface area (Å²) >= 11 is 12.1. The molecule has 0 bridgehead atoms. The fraction of sp³-hybridized carbons (Fsp3) is 0.0833. The summed E-state index contributed by atoms with van der Waals surface area (Å²) in [4.78, 5) is 12.4. The molecular formula is C12H8Cl2N4O. The molecule has 0 fully saturated rings. The number of hydrogen-bond acceptors (Lipinski definition) is 4. The third-order valence-corrected chi connectivity index (χ3v) is 3.18. The monoisotopic (exact) mass is 294 g/mol. The zero-order valence-electron chi connectivity index (χ0n) is 9.84. The number of para-hydroxylation sites is 1. The molecule has 0 aliphatic rings. The maximum Gasteiger partial charge on any atom is 0.251 e. The summed E-state index contributed by atoms with van der Waals surface area (Å²) in [5, 5.41) is 0.824. The van der Waals surface area contributed by atoms with Crippen molar-refractivity contribution in [1.82, 2.24) is 19.5 Å². The first-order valence-corrected chi connectivity index (χ1v) is 6.16. The van der Waals surface area contributed by atoms with Crippen LogP contribution in [-0.2, 0) is 7.05 Å². The van der Waals surface area contributed by atoms with Crippen LogP contribution in [0.25, 0.3) is 11.2 Å². The van der Waals surface area contributed by atoms with Crippen LogP contribution in [0.2, 0.25) is 10.0 Å². The molecule has 0 radical (unpaired) electrons. The van der Waals surface area contributed by atoms with Gasteiger partial charge in [-0.15, -0.1) is 0 Å². The Morgan fingerprint density at radius 2 is 1.84 bits per heavy atom. The van der Waals surface area contributed by atoms with Crippen LogP contribution in [0.15, 0.2) is 30.9 Å². The number of hydrogen-bond donors (Lipinski definition) is 0. The lowest BCUT2D eigenvalue weighted by Gasteiger charge is -2.08. The Hall–Kier alpha value is -1.85. The van der Waals surface area contributed by atoms with Crippen LogP contribution in [0.1, 0.15) is 0 Å². The van der Waals surface area contributed by atoms with E-state index in [1.165, 1.54) is 6.33 Å². The lowest BCUT2D eigenvalue weighted by atomic mass is 10.3. The Bertz CT molecular complexity index is 736. The summed E-state index contributed by atoms with van der Waals surface area (Å²) in [5.74, 6) is 0.678. The summed E-state index contributed by atoms with van der Waals surface area (Å²) < 4.78 is 7.45. The number of nitrogens with zero attached hydrogens (tertiary/aromatic N) is 4. The zero-order valence-corrected chi connectivity index (χ0v) is 11.4. The molecule has 0 saturated heterocycles. The molecule has 0 amide bonds. The van der Waals surface area contributed by atoms with E-state index < -0.39 is 0 Å². The Morgan fingerprint density at radius 3 is 2.58 bits per heavy atom. The predicted octanol–water partition coefficient (Wildman–Crippen LogP) is 3.46. The summed E-state index contributed by atoms with van der Waals surface area (Å²) in [6.07, 6.45) is 3.05. The van der Waals surface area contributed by atoms with E-state index in [9.17, 15) is 0 Å². The topological polar surface area (TPSA) is 52.8 Å². The van der Waals surface area contributed by atoms with E-state index in [4.69, 9.17) is 27.9 Å². The van der Waals surface area contributed by atoms with Gasteiger partial charge in [0.15, 0.2) is 16.9 Å². The van der Waals surface area contributed by atoms with Crippen LogP contribution in [0.3, 0.4) is 0 Å². The minimum atomic E-state index is 0.320. The van der Waals surface area contributed by atoms with Crippen molar-refractivity contribution in [2.45, 2.75) is 0 Å². The van der Waals surface area contributed by atoms with Gasteiger partial charge in [0.25, 0.3) is 5.88 Å². The number of fused-ring (bicyclic) bond motifs is 1. The molecule has 0 aliphatic carbocycles. The molecule has 0 aliphatic heterocycles. The zero-order chi connectivity index (χ0) is 13.4. The summed E-state index contributed by atoms with van der Waals surface area (Å²) in [6.45, 7) is 0. The summed E-state index contributed by atoms with van der Waals surface area (Å²) in [5.41, 5.74) is 1.23.